The number of hydrogen-bond acceptors (Lipinski definition) is 4. The van der Waals surface area contributed by atoms with Crippen LogP contribution in [0.1, 0.15) is 34.3 Å². The third kappa shape index (κ3) is 2.38. The molecule has 1 amide bonds. The number of benzene rings is 1. The van der Waals surface area contributed by atoms with Crippen molar-refractivity contribution in [2.24, 2.45) is 5.84 Å². The summed E-state index contributed by atoms with van der Waals surface area (Å²) in [5, 5.41) is 10.6. The van der Waals surface area contributed by atoms with E-state index in [1.54, 1.807) is 6.07 Å². The first-order valence-corrected chi connectivity index (χ1v) is 5.99. The summed E-state index contributed by atoms with van der Waals surface area (Å²) in [7, 11) is 0. The molecule has 0 spiro atoms. The Morgan fingerprint density at radius 1 is 1.44 bits per heavy atom. The van der Waals surface area contributed by atoms with Crippen LogP contribution in [0.3, 0.4) is 0 Å². The molecule has 0 radical (unpaired) electrons. The van der Waals surface area contributed by atoms with Crippen LogP contribution in [0, 0.1) is 6.92 Å². The minimum atomic E-state index is -0.907. The summed E-state index contributed by atoms with van der Waals surface area (Å²) in [4.78, 5) is 11.6. The average molecular weight is 250 g/mol. The van der Waals surface area contributed by atoms with Crippen molar-refractivity contribution in [1.82, 2.24) is 5.43 Å². The third-order valence-corrected chi connectivity index (χ3v) is 3.47. The molecule has 18 heavy (non-hydrogen) atoms. The molecule has 0 bridgehead atoms. The highest BCUT2D eigenvalue weighted by molar-refractivity contribution is 5.95. The van der Waals surface area contributed by atoms with Crippen molar-refractivity contribution in [2.45, 2.75) is 25.4 Å². The van der Waals surface area contributed by atoms with Crippen molar-refractivity contribution in [3.05, 3.63) is 34.9 Å². The normalized spacial score (nSPS) is 18.4. The second-order valence-corrected chi connectivity index (χ2v) is 4.65. The van der Waals surface area contributed by atoms with Crippen LogP contribution in [0.25, 0.3) is 0 Å². The van der Waals surface area contributed by atoms with Crippen molar-refractivity contribution in [1.29, 1.82) is 0 Å². The van der Waals surface area contributed by atoms with Gasteiger partial charge in [0.15, 0.2) is 0 Å². The maximum Gasteiger partial charge on any atom is 0.265 e. The number of nitrogens with two attached hydrogens (primary N) is 1. The number of ether oxygens (including phenoxy) is 1. The maximum absolute atomic E-state index is 11.6. The van der Waals surface area contributed by atoms with E-state index in [0.717, 1.165) is 11.1 Å². The van der Waals surface area contributed by atoms with E-state index >= 15 is 0 Å². The molecule has 1 aliphatic heterocycles. The van der Waals surface area contributed by atoms with Crippen LogP contribution >= 0.6 is 0 Å². The molecule has 1 fully saturated rings. The molecule has 0 unspecified atom stereocenters. The topological polar surface area (TPSA) is 84.6 Å². The molecule has 4 N–H and O–H groups in total. The first-order valence-electron chi connectivity index (χ1n) is 5.99. The van der Waals surface area contributed by atoms with Gasteiger partial charge in [0.05, 0.1) is 5.60 Å². The summed E-state index contributed by atoms with van der Waals surface area (Å²) in [6, 6.07) is 5.39. The molecule has 1 aromatic rings. The summed E-state index contributed by atoms with van der Waals surface area (Å²) >= 11 is 0. The summed E-state index contributed by atoms with van der Waals surface area (Å²) < 4.78 is 5.25. The number of carbonyl (C=O) groups is 1. The van der Waals surface area contributed by atoms with Crippen molar-refractivity contribution >= 4 is 5.91 Å². The fourth-order valence-corrected chi connectivity index (χ4v) is 2.23. The third-order valence-electron chi connectivity index (χ3n) is 3.47. The van der Waals surface area contributed by atoms with Gasteiger partial charge in [-0.1, -0.05) is 12.1 Å². The molecular formula is C13H18N2O3. The number of hydrogen-bond donors (Lipinski definition) is 3. The van der Waals surface area contributed by atoms with Gasteiger partial charge in [0.2, 0.25) is 0 Å². The zero-order chi connectivity index (χ0) is 13.2. The average Bonchev–Trinajstić information content (AvgIpc) is 2.39. The number of carbonyl (C=O) groups excluding carboxylic acids is 1. The largest absolute Gasteiger partial charge is 0.385 e. The highest BCUT2D eigenvalue weighted by Gasteiger charge is 2.32. The molecule has 0 aromatic heterocycles. The summed E-state index contributed by atoms with van der Waals surface area (Å²) in [5.41, 5.74) is 3.28. The summed E-state index contributed by atoms with van der Waals surface area (Å²) in [5.74, 6) is 4.81. The lowest BCUT2D eigenvalue weighted by atomic mass is 9.85. The van der Waals surface area contributed by atoms with Gasteiger partial charge in [-0.15, -0.1) is 0 Å². The number of hydrazine groups is 1. The molecule has 98 valence electrons. The number of rotatable bonds is 2. The van der Waals surface area contributed by atoms with Crippen LogP contribution in [-0.2, 0) is 10.3 Å². The van der Waals surface area contributed by atoms with E-state index in [9.17, 15) is 9.90 Å². The van der Waals surface area contributed by atoms with Crippen LogP contribution < -0.4 is 11.3 Å². The molecular weight excluding hydrogens is 232 g/mol. The van der Waals surface area contributed by atoms with Gasteiger partial charge in [0.1, 0.15) is 0 Å². The molecule has 5 heteroatoms. The number of nitrogen functional groups attached to an aromatic ring is 1. The number of aryl methyl sites for hydroxylation is 1. The first kappa shape index (κ1) is 13.0. The van der Waals surface area contributed by atoms with Crippen LogP contribution in [-0.4, -0.2) is 24.2 Å². The highest BCUT2D eigenvalue weighted by Crippen LogP contribution is 2.32. The lowest BCUT2D eigenvalue weighted by molar-refractivity contribution is -0.0679. The molecule has 2 rings (SSSR count). The standard InChI is InChI=1S/C13H18N2O3/c1-9-2-3-10(8-11(9)12(16)15-14)13(17)4-6-18-7-5-13/h2-3,8,17H,4-7,14H2,1H3,(H,15,16). The monoisotopic (exact) mass is 250 g/mol. The van der Waals surface area contributed by atoms with E-state index in [2.05, 4.69) is 5.43 Å². The molecule has 0 aliphatic carbocycles. The second kappa shape index (κ2) is 5.06. The molecule has 0 saturated carbocycles. The number of amides is 1. The minimum absolute atomic E-state index is 0.343. The molecule has 0 atom stereocenters. The van der Waals surface area contributed by atoms with Crippen LogP contribution in [0.2, 0.25) is 0 Å². The van der Waals surface area contributed by atoms with E-state index in [1.165, 1.54) is 0 Å². The van der Waals surface area contributed by atoms with Gasteiger partial charge < -0.3 is 9.84 Å². The Morgan fingerprint density at radius 2 is 2.11 bits per heavy atom. The van der Waals surface area contributed by atoms with Crippen LogP contribution in [0.4, 0.5) is 0 Å². The predicted molar refractivity (Wildman–Crippen MR) is 66.8 cm³/mol. The van der Waals surface area contributed by atoms with E-state index in [0.29, 0.717) is 31.6 Å². The van der Waals surface area contributed by atoms with Crippen molar-refractivity contribution in [3.8, 4) is 0 Å². The molecule has 1 aliphatic rings. The lowest BCUT2D eigenvalue weighted by Crippen LogP contribution is -2.34. The van der Waals surface area contributed by atoms with Gasteiger partial charge >= 0.3 is 0 Å². The Morgan fingerprint density at radius 3 is 2.72 bits per heavy atom. The Balaban J connectivity index is 2.37. The highest BCUT2D eigenvalue weighted by atomic mass is 16.5. The summed E-state index contributed by atoms with van der Waals surface area (Å²) in [6.07, 6.45) is 1.08. The molecule has 1 heterocycles. The Bertz CT molecular complexity index is 454. The van der Waals surface area contributed by atoms with E-state index in [-0.39, 0.29) is 5.91 Å². The SMILES string of the molecule is Cc1ccc(C2(O)CCOCC2)cc1C(=O)NN. The fraction of sp³-hybridized carbons (Fsp3) is 0.462. The molecule has 1 saturated heterocycles. The smallest absolute Gasteiger partial charge is 0.265 e. The van der Waals surface area contributed by atoms with E-state index in [1.807, 2.05) is 19.1 Å². The van der Waals surface area contributed by atoms with E-state index < -0.39 is 5.60 Å². The van der Waals surface area contributed by atoms with Gasteiger partial charge in [-0.25, -0.2) is 5.84 Å². The van der Waals surface area contributed by atoms with Gasteiger partial charge in [-0.2, -0.15) is 0 Å². The number of nitrogens with one attached hydrogen (secondary N) is 1. The number of aliphatic hydroxyl groups is 1. The minimum Gasteiger partial charge on any atom is -0.385 e. The predicted octanol–water partition coefficient (Wildman–Crippen LogP) is 0.597. The zero-order valence-corrected chi connectivity index (χ0v) is 10.4. The quantitative estimate of drug-likeness (QED) is 0.407. The van der Waals surface area contributed by atoms with Gasteiger partial charge in [-0.05, 0) is 24.1 Å². The Hall–Kier alpha value is -1.43. The van der Waals surface area contributed by atoms with Crippen molar-refractivity contribution < 1.29 is 14.6 Å². The summed E-state index contributed by atoms with van der Waals surface area (Å²) in [6.45, 7) is 2.90. The van der Waals surface area contributed by atoms with Crippen LogP contribution in [0.15, 0.2) is 18.2 Å². The lowest BCUT2D eigenvalue weighted by Gasteiger charge is -2.32. The van der Waals surface area contributed by atoms with Crippen LogP contribution in [0.5, 0.6) is 0 Å². The molecule has 1 aromatic carbocycles. The Labute approximate surface area is 106 Å². The van der Waals surface area contributed by atoms with E-state index in [4.69, 9.17) is 10.6 Å². The zero-order valence-electron chi connectivity index (χ0n) is 10.4. The second-order valence-electron chi connectivity index (χ2n) is 4.65. The van der Waals surface area contributed by atoms with Crippen molar-refractivity contribution in [3.63, 3.8) is 0 Å². The van der Waals surface area contributed by atoms with Gasteiger partial charge in [-0.3, -0.25) is 10.2 Å². The molecule has 5 nitrogen and oxygen atoms in total. The van der Waals surface area contributed by atoms with Gasteiger partial charge in [0, 0.05) is 31.6 Å². The first-order chi connectivity index (χ1) is 8.57. The fourth-order valence-electron chi connectivity index (χ4n) is 2.23. The Kier molecular flexibility index (Phi) is 3.65. The van der Waals surface area contributed by atoms with Crippen molar-refractivity contribution in [2.75, 3.05) is 13.2 Å². The van der Waals surface area contributed by atoms with Gasteiger partial charge in [0.25, 0.3) is 5.91 Å². The maximum atomic E-state index is 11.6.